The van der Waals surface area contributed by atoms with Gasteiger partial charge in [-0.05, 0) is 0 Å². The molecule has 4 heteroatoms. The Morgan fingerprint density at radius 1 is 1.07 bits per heavy atom. The van der Waals surface area contributed by atoms with Gasteiger partial charge < -0.3 is 0 Å². The van der Waals surface area contributed by atoms with E-state index in [1.807, 2.05) is 36.4 Å². The normalized spacial score (nSPS) is 9.36. The summed E-state index contributed by atoms with van der Waals surface area (Å²) in [7, 11) is 0. The van der Waals surface area contributed by atoms with Crippen molar-refractivity contribution in [1.29, 1.82) is 5.26 Å². The monoisotopic (exact) mass is 182 g/mol. The van der Waals surface area contributed by atoms with Crippen molar-refractivity contribution in [2.24, 2.45) is 0 Å². The third kappa shape index (κ3) is 1.57. The van der Waals surface area contributed by atoms with Crippen LogP contribution in [0.2, 0.25) is 0 Å². The van der Waals surface area contributed by atoms with Gasteiger partial charge in [0, 0.05) is 5.56 Å². The average molecular weight is 182 g/mol. The average Bonchev–Trinajstić information content (AvgIpc) is 2.30. The van der Waals surface area contributed by atoms with Crippen molar-refractivity contribution in [3.63, 3.8) is 0 Å². The van der Waals surface area contributed by atoms with E-state index in [9.17, 15) is 0 Å². The van der Waals surface area contributed by atoms with E-state index < -0.39 is 0 Å². The maximum Gasteiger partial charge on any atom is 0.235 e. The minimum Gasteiger partial charge on any atom is -0.216 e. The highest BCUT2D eigenvalue weighted by atomic mass is 15.0. The lowest BCUT2D eigenvalue weighted by molar-refractivity contribution is 1.02. The summed E-state index contributed by atoms with van der Waals surface area (Å²) in [5.74, 6) is 0.663. The molecule has 0 aliphatic heterocycles. The summed E-state index contributed by atoms with van der Waals surface area (Å²) < 4.78 is 0. The molecule has 1 heterocycles. The molecule has 0 amide bonds. The Kier molecular flexibility index (Phi) is 2.15. The third-order valence-corrected chi connectivity index (χ3v) is 1.70. The topological polar surface area (TPSA) is 62.5 Å². The Bertz CT molecular complexity index is 473. The van der Waals surface area contributed by atoms with Crippen LogP contribution in [0.5, 0.6) is 0 Å². The molecule has 0 unspecified atom stereocenters. The lowest BCUT2D eigenvalue weighted by Crippen LogP contribution is -1.94. The third-order valence-electron chi connectivity index (χ3n) is 1.70. The lowest BCUT2D eigenvalue weighted by atomic mass is 10.2. The maximum absolute atomic E-state index is 8.61. The first-order chi connectivity index (χ1) is 6.90. The minimum absolute atomic E-state index is 0.138. The molecule has 0 aliphatic rings. The van der Waals surface area contributed by atoms with Gasteiger partial charge in [0.1, 0.15) is 12.4 Å². The predicted molar refractivity (Wildman–Crippen MR) is 50.0 cm³/mol. The molecule has 66 valence electrons. The van der Waals surface area contributed by atoms with Gasteiger partial charge in [0.15, 0.2) is 5.82 Å². The highest BCUT2D eigenvalue weighted by Crippen LogP contribution is 2.12. The Hall–Kier alpha value is -2.28. The van der Waals surface area contributed by atoms with Crippen LogP contribution < -0.4 is 0 Å². The van der Waals surface area contributed by atoms with Crippen molar-refractivity contribution in [2.45, 2.75) is 0 Å². The molecule has 14 heavy (non-hydrogen) atoms. The molecular weight excluding hydrogens is 176 g/mol. The van der Waals surface area contributed by atoms with Crippen molar-refractivity contribution in [3.05, 3.63) is 42.5 Å². The number of benzene rings is 1. The SMILES string of the molecule is N#Cc1ncnc(-c2ccccc2)n1. The van der Waals surface area contributed by atoms with Gasteiger partial charge in [-0.2, -0.15) is 10.2 Å². The summed E-state index contributed by atoms with van der Waals surface area (Å²) in [6.07, 6.45) is 1.34. The van der Waals surface area contributed by atoms with Gasteiger partial charge in [0.05, 0.1) is 0 Å². The van der Waals surface area contributed by atoms with E-state index in [1.165, 1.54) is 6.33 Å². The summed E-state index contributed by atoms with van der Waals surface area (Å²) in [4.78, 5) is 11.7. The molecule has 4 nitrogen and oxygen atoms in total. The second kappa shape index (κ2) is 3.62. The summed E-state index contributed by atoms with van der Waals surface area (Å²) in [6.45, 7) is 0. The van der Waals surface area contributed by atoms with E-state index in [1.54, 1.807) is 0 Å². The summed E-state index contributed by atoms with van der Waals surface area (Å²) in [6, 6.07) is 11.3. The Balaban J connectivity index is 2.49. The van der Waals surface area contributed by atoms with Crippen LogP contribution in [-0.4, -0.2) is 15.0 Å². The number of rotatable bonds is 1. The number of nitrogens with zero attached hydrogens (tertiary/aromatic N) is 4. The molecule has 0 radical (unpaired) electrons. The first kappa shape index (κ1) is 8.32. The molecule has 2 aromatic rings. The van der Waals surface area contributed by atoms with Gasteiger partial charge in [0.2, 0.25) is 5.82 Å². The molecule has 2 rings (SSSR count). The van der Waals surface area contributed by atoms with Crippen LogP contribution >= 0.6 is 0 Å². The Morgan fingerprint density at radius 2 is 1.86 bits per heavy atom. The van der Waals surface area contributed by atoms with E-state index in [4.69, 9.17) is 5.26 Å². The molecule has 0 N–H and O–H groups in total. The standard InChI is InChI=1S/C10H6N4/c11-6-9-12-7-13-10(14-9)8-4-2-1-3-5-8/h1-5,7H. The molecule has 0 spiro atoms. The Labute approximate surface area is 80.9 Å². The molecular formula is C10H6N4. The van der Waals surface area contributed by atoms with Crippen molar-refractivity contribution in [3.8, 4) is 17.5 Å². The lowest BCUT2D eigenvalue weighted by Gasteiger charge is -1.97. The number of hydrogen-bond donors (Lipinski definition) is 0. The van der Waals surface area contributed by atoms with Crippen molar-refractivity contribution >= 4 is 0 Å². The van der Waals surface area contributed by atoms with Gasteiger partial charge in [-0.3, -0.25) is 0 Å². The fraction of sp³-hybridized carbons (Fsp3) is 0. The Morgan fingerprint density at radius 3 is 2.57 bits per heavy atom. The minimum atomic E-state index is 0.138. The van der Waals surface area contributed by atoms with Crippen LogP contribution in [0.3, 0.4) is 0 Å². The van der Waals surface area contributed by atoms with E-state index >= 15 is 0 Å². The fourth-order valence-corrected chi connectivity index (χ4v) is 1.08. The molecule has 0 bridgehead atoms. The molecule has 1 aromatic heterocycles. The summed E-state index contributed by atoms with van der Waals surface area (Å²) >= 11 is 0. The van der Waals surface area contributed by atoms with E-state index in [-0.39, 0.29) is 5.82 Å². The van der Waals surface area contributed by atoms with Crippen LogP contribution in [0.4, 0.5) is 0 Å². The van der Waals surface area contributed by atoms with Gasteiger partial charge in [-0.15, -0.1) is 0 Å². The second-order valence-electron chi connectivity index (χ2n) is 2.61. The van der Waals surface area contributed by atoms with Crippen LogP contribution in [0, 0.1) is 11.3 Å². The van der Waals surface area contributed by atoms with E-state index in [0.717, 1.165) is 5.56 Å². The smallest absolute Gasteiger partial charge is 0.216 e. The maximum atomic E-state index is 8.61. The van der Waals surface area contributed by atoms with E-state index in [2.05, 4.69) is 15.0 Å². The second-order valence-corrected chi connectivity index (χ2v) is 2.61. The van der Waals surface area contributed by atoms with Crippen LogP contribution in [0.25, 0.3) is 11.4 Å². The van der Waals surface area contributed by atoms with Crippen molar-refractivity contribution in [2.75, 3.05) is 0 Å². The number of nitriles is 1. The zero-order chi connectivity index (χ0) is 9.80. The summed E-state index contributed by atoms with van der Waals surface area (Å²) in [5, 5.41) is 8.61. The fourth-order valence-electron chi connectivity index (χ4n) is 1.08. The van der Waals surface area contributed by atoms with Gasteiger partial charge in [-0.1, -0.05) is 30.3 Å². The van der Waals surface area contributed by atoms with Crippen LogP contribution in [0.1, 0.15) is 5.82 Å². The highest BCUT2D eigenvalue weighted by molar-refractivity contribution is 5.54. The molecule has 0 saturated carbocycles. The largest absolute Gasteiger partial charge is 0.235 e. The van der Waals surface area contributed by atoms with Crippen molar-refractivity contribution in [1.82, 2.24) is 15.0 Å². The molecule has 0 saturated heterocycles. The van der Waals surface area contributed by atoms with Gasteiger partial charge in [0.25, 0.3) is 0 Å². The first-order valence-corrected chi connectivity index (χ1v) is 4.05. The van der Waals surface area contributed by atoms with Crippen LogP contribution in [0.15, 0.2) is 36.7 Å². The number of hydrogen-bond acceptors (Lipinski definition) is 4. The zero-order valence-corrected chi connectivity index (χ0v) is 7.25. The van der Waals surface area contributed by atoms with E-state index in [0.29, 0.717) is 5.82 Å². The van der Waals surface area contributed by atoms with Crippen molar-refractivity contribution < 1.29 is 0 Å². The van der Waals surface area contributed by atoms with Gasteiger partial charge in [-0.25, -0.2) is 9.97 Å². The number of aromatic nitrogens is 3. The highest BCUT2D eigenvalue weighted by Gasteiger charge is 2.01. The first-order valence-electron chi connectivity index (χ1n) is 4.05. The summed E-state index contributed by atoms with van der Waals surface area (Å²) in [5.41, 5.74) is 0.881. The zero-order valence-electron chi connectivity index (χ0n) is 7.25. The van der Waals surface area contributed by atoms with Gasteiger partial charge >= 0.3 is 0 Å². The van der Waals surface area contributed by atoms with Crippen LogP contribution in [-0.2, 0) is 0 Å². The quantitative estimate of drug-likeness (QED) is 0.668. The molecule has 0 aliphatic carbocycles. The predicted octanol–water partition coefficient (Wildman–Crippen LogP) is 1.41. The molecule has 1 aromatic carbocycles. The molecule has 0 fully saturated rings. The molecule has 0 atom stereocenters.